The van der Waals surface area contributed by atoms with Gasteiger partial charge in [-0.15, -0.1) is 0 Å². The minimum Gasteiger partial charge on any atom is -0.398 e. The molecule has 1 aromatic carbocycles. The Morgan fingerprint density at radius 3 is 2.63 bits per heavy atom. The van der Waals surface area contributed by atoms with Crippen molar-refractivity contribution in [1.82, 2.24) is 9.03 Å². The maximum absolute atomic E-state index is 12.3. The van der Waals surface area contributed by atoms with E-state index in [1.54, 1.807) is 6.07 Å². The van der Waals surface area contributed by atoms with Crippen molar-refractivity contribution in [2.45, 2.75) is 38.8 Å². The minimum absolute atomic E-state index is 0.119. The van der Waals surface area contributed by atoms with Crippen LogP contribution in [0.5, 0.6) is 0 Å². The molecule has 106 valence electrons. The van der Waals surface area contributed by atoms with Gasteiger partial charge >= 0.3 is 0 Å². The largest absolute Gasteiger partial charge is 0.398 e. The summed E-state index contributed by atoms with van der Waals surface area (Å²) in [7, 11) is -3.41. The molecule has 0 aromatic heterocycles. The van der Waals surface area contributed by atoms with Gasteiger partial charge in [-0.05, 0) is 30.9 Å². The fourth-order valence-corrected chi connectivity index (χ4v) is 3.47. The summed E-state index contributed by atoms with van der Waals surface area (Å²) in [5, 5.41) is 0. The number of para-hydroxylation sites is 1. The number of nitrogens with one attached hydrogen (secondary N) is 1. The van der Waals surface area contributed by atoms with Crippen LogP contribution in [0.4, 0.5) is 5.69 Å². The maximum Gasteiger partial charge on any atom is 0.280 e. The van der Waals surface area contributed by atoms with E-state index in [0.717, 1.165) is 24.8 Å². The average molecular weight is 283 g/mol. The van der Waals surface area contributed by atoms with E-state index in [4.69, 9.17) is 5.73 Å². The van der Waals surface area contributed by atoms with Crippen LogP contribution < -0.4 is 10.5 Å². The molecule has 1 aromatic rings. The summed E-state index contributed by atoms with van der Waals surface area (Å²) in [6.45, 7) is 2.76. The highest BCUT2D eigenvalue weighted by Gasteiger charge is 2.37. The van der Waals surface area contributed by atoms with E-state index < -0.39 is 10.2 Å². The molecule has 0 heterocycles. The molecular formula is C13H21N3O2S. The Morgan fingerprint density at radius 1 is 1.37 bits per heavy atom. The molecule has 0 atom stereocenters. The lowest BCUT2D eigenvalue weighted by atomic mass is 10.2. The van der Waals surface area contributed by atoms with E-state index in [1.165, 1.54) is 4.31 Å². The van der Waals surface area contributed by atoms with E-state index in [0.29, 0.717) is 18.8 Å². The molecule has 1 aliphatic carbocycles. The van der Waals surface area contributed by atoms with Crippen molar-refractivity contribution < 1.29 is 8.42 Å². The fourth-order valence-electron chi connectivity index (χ4n) is 1.93. The highest BCUT2D eigenvalue weighted by Crippen LogP contribution is 2.31. The zero-order valence-corrected chi connectivity index (χ0v) is 12.0. The highest BCUT2D eigenvalue weighted by atomic mass is 32.2. The molecule has 0 radical (unpaired) electrons. The van der Waals surface area contributed by atoms with E-state index in [1.807, 2.05) is 25.1 Å². The third-order valence-corrected chi connectivity index (χ3v) is 4.79. The molecule has 0 bridgehead atoms. The molecular weight excluding hydrogens is 262 g/mol. The lowest BCUT2D eigenvalue weighted by Gasteiger charge is -2.22. The third-order valence-electron chi connectivity index (χ3n) is 3.18. The summed E-state index contributed by atoms with van der Waals surface area (Å²) in [6, 6.07) is 7.52. The van der Waals surface area contributed by atoms with Gasteiger partial charge < -0.3 is 5.73 Å². The van der Waals surface area contributed by atoms with Gasteiger partial charge in [0.15, 0.2) is 0 Å². The highest BCUT2D eigenvalue weighted by molar-refractivity contribution is 7.87. The zero-order chi connectivity index (χ0) is 13.9. The monoisotopic (exact) mass is 283 g/mol. The van der Waals surface area contributed by atoms with Crippen molar-refractivity contribution in [1.29, 1.82) is 0 Å². The first-order valence-electron chi connectivity index (χ1n) is 6.64. The van der Waals surface area contributed by atoms with Gasteiger partial charge in [0.2, 0.25) is 0 Å². The molecule has 0 amide bonds. The summed E-state index contributed by atoms with van der Waals surface area (Å²) in [5.41, 5.74) is 7.39. The van der Waals surface area contributed by atoms with Gasteiger partial charge in [0.25, 0.3) is 10.2 Å². The first-order valence-corrected chi connectivity index (χ1v) is 8.08. The molecule has 19 heavy (non-hydrogen) atoms. The second-order valence-corrected chi connectivity index (χ2v) is 6.58. The van der Waals surface area contributed by atoms with Crippen LogP contribution in [-0.4, -0.2) is 25.3 Å². The average Bonchev–Trinajstić information content (AvgIpc) is 3.19. The molecule has 0 spiro atoms. The predicted molar refractivity (Wildman–Crippen MR) is 76.6 cm³/mol. The Labute approximate surface area is 115 Å². The Balaban J connectivity index is 2.15. The second kappa shape index (κ2) is 5.90. The van der Waals surface area contributed by atoms with Crippen LogP contribution in [0.25, 0.3) is 0 Å². The van der Waals surface area contributed by atoms with Gasteiger partial charge in [-0.1, -0.05) is 25.1 Å². The Hall–Kier alpha value is -1.11. The van der Waals surface area contributed by atoms with Gasteiger partial charge in [0.1, 0.15) is 0 Å². The summed E-state index contributed by atoms with van der Waals surface area (Å²) in [4.78, 5) is 0. The molecule has 0 saturated heterocycles. The zero-order valence-electron chi connectivity index (χ0n) is 11.2. The number of hydrogen-bond donors (Lipinski definition) is 2. The van der Waals surface area contributed by atoms with Crippen molar-refractivity contribution in [3.05, 3.63) is 29.8 Å². The lowest BCUT2D eigenvalue weighted by Crippen LogP contribution is -2.42. The second-order valence-electron chi connectivity index (χ2n) is 4.87. The van der Waals surface area contributed by atoms with Gasteiger partial charge in [0, 0.05) is 24.8 Å². The third kappa shape index (κ3) is 3.68. The quantitative estimate of drug-likeness (QED) is 0.744. The lowest BCUT2D eigenvalue weighted by molar-refractivity contribution is 0.391. The summed E-state index contributed by atoms with van der Waals surface area (Å²) in [6.07, 6.45) is 2.64. The van der Waals surface area contributed by atoms with Crippen LogP contribution in [0.2, 0.25) is 0 Å². The number of hydrogen-bond acceptors (Lipinski definition) is 3. The van der Waals surface area contributed by atoms with Gasteiger partial charge in [-0.3, -0.25) is 0 Å². The smallest absolute Gasteiger partial charge is 0.280 e. The first kappa shape index (κ1) is 14.3. The molecule has 0 unspecified atom stereocenters. The van der Waals surface area contributed by atoms with Gasteiger partial charge in [-0.2, -0.15) is 12.7 Å². The van der Waals surface area contributed by atoms with E-state index in [2.05, 4.69) is 4.72 Å². The predicted octanol–water partition coefficient (Wildman–Crippen LogP) is 1.48. The normalized spacial score (nSPS) is 15.9. The van der Waals surface area contributed by atoms with Crippen molar-refractivity contribution in [3.8, 4) is 0 Å². The molecule has 2 rings (SSSR count). The molecule has 0 aliphatic heterocycles. The molecule has 6 heteroatoms. The van der Waals surface area contributed by atoms with Crippen molar-refractivity contribution >= 4 is 15.9 Å². The molecule has 1 saturated carbocycles. The number of nitrogens with zero attached hydrogens (tertiary/aromatic N) is 1. The van der Waals surface area contributed by atoms with Crippen molar-refractivity contribution in [2.24, 2.45) is 0 Å². The topological polar surface area (TPSA) is 75.4 Å². The number of benzene rings is 1. The van der Waals surface area contributed by atoms with Gasteiger partial charge in [0.05, 0.1) is 0 Å². The van der Waals surface area contributed by atoms with E-state index >= 15 is 0 Å². The summed E-state index contributed by atoms with van der Waals surface area (Å²) >= 11 is 0. The fraction of sp³-hybridized carbons (Fsp3) is 0.538. The van der Waals surface area contributed by atoms with E-state index in [9.17, 15) is 8.42 Å². The Kier molecular flexibility index (Phi) is 4.44. The Morgan fingerprint density at radius 2 is 2.05 bits per heavy atom. The maximum atomic E-state index is 12.3. The van der Waals surface area contributed by atoms with Crippen LogP contribution in [0.3, 0.4) is 0 Å². The summed E-state index contributed by atoms with van der Waals surface area (Å²) in [5.74, 6) is 0. The van der Waals surface area contributed by atoms with Crippen LogP contribution in [0.15, 0.2) is 24.3 Å². The van der Waals surface area contributed by atoms with Crippen LogP contribution in [-0.2, 0) is 16.8 Å². The molecule has 1 aliphatic rings. The van der Waals surface area contributed by atoms with Gasteiger partial charge in [-0.25, -0.2) is 4.72 Å². The molecule has 3 N–H and O–H groups in total. The summed E-state index contributed by atoms with van der Waals surface area (Å²) < 4.78 is 28.7. The SMILES string of the molecule is CCCNS(=O)(=O)N(Cc1ccccc1N)C1CC1. The van der Waals surface area contributed by atoms with Crippen LogP contribution in [0.1, 0.15) is 31.7 Å². The van der Waals surface area contributed by atoms with Crippen molar-refractivity contribution in [3.63, 3.8) is 0 Å². The number of anilines is 1. The standard InChI is InChI=1S/C13H21N3O2S/c1-2-9-15-19(17,18)16(12-7-8-12)10-11-5-3-4-6-13(11)14/h3-6,12,15H,2,7-10,14H2,1H3. The number of nitrogens with two attached hydrogens (primary N) is 1. The first-order chi connectivity index (χ1) is 9.04. The van der Waals surface area contributed by atoms with E-state index in [-0.39, 0.29) is 6.04 Å². The van der Waals surface area contributed by atoms with Crippen LogP contribution >= 0.6 is 0 Å². The Bertz CT molecular complexity index is 526. The number of rotatable bonds is 7. The minimum atomic E-state index is -3.41. The number of nitrogen functional groups attached to an aromatic ring is 1. The molecule has 5 nitrogen and oxygen atoms in total. The molecule has 1 fully saturated rings. The van der Waals surface area contributed by atoms with Crippen LogP contribution in [0, 0.1) is 0 Å². The van der Waals surface area contributed by atoms with Crippen molar-refractivity contribution in [2.75, 3.05) is 12.3 Å².